The van der Waals surface area contributed by atoms with Gasteiger partial charge in [-0.25, -0.2) is 4.98 Å². The fourth-order valence-corrected chi connectivity index (χ4v) is 0.902. The zero-order chi connectivity index (χ0) is 10.6. The molecule has 78 valence electrons. The van der Waals surface area contributed by atoms with E-state index in [0.29, 0.717) is 12.4 Å². The van der Waals surface area contributed by atoms with Crippen LogP contribution in [0.15, 0.2) is 0 Å². The maximum Gasteiger partial charge on any atom is 0.291 e. The van der Waals surface area contributed by atoms with Gasteiger partial charge < -0.3 is 11.1 Å². The molecule has 0 unspecified atom stereocenters. The Morgan fingerprint density at radius 2 is 2.43 bits per heavy atom. The van der Waals surface area contributed by atoms with Gasteiger partial charge in [0, 0.05) is 19.0 Å². The third-order valence-corrected chi connectivity index (χ3v) is 1.80. The summed E-state index contributed by atoms with van der Waals surface area (Å²) in [5.74, 6) is 0.580. The molecule has 1 aromatic heterocycles. The number of nitrogens with two attached hydrogens (primary N) is 1. The zero-order valence-electron chi connectivity index (χ0n) is 8.37. The molecule has 6 nitrogen and oxygen atoms in total. The molecular weight excluding hydrogens is 182 g/mol. The zero-order valence-corrected chi connectivity index (χ0v) is 8.37. The third-order valence-electron chi connectivity index (χ3n) is 1.80. The first kappa shape index (κ1) is 10.6. The Morgan fingerprint density at radius 1 is 1.71 bits per heavy atom. The van der Waals surface area contributed by atoms with Gasteiger partial charge >= 0.3 is 0 Å². The summed E-state index contributed by atoms with van der Waals surface area (Å²) in [7, 11) is 0. The summed E-state index contributed by atoms with van der Waals surface area (Å²) in [4.78, 5) is 15.4. The topological polar surface area (TPSA) is 96.7 Å². The number of aromatic nitrogens is 3. The minimum absolute atomic E-state index is 0.0638. The van der Waals surface area contributed by atoms with Gasteiger partial charge in [0.25, 0.3) is 5.91 Å². The monoisotopic (exact) mass is 197 g/mol. The predicted octanol–water partition coefficient (Wildman–Crippen LogP) is -0.556. The minimum atomic E-state index is -0.293. The van der Waals surface area contributed by atoms with Crippen molar-refractivity contribution in [2.45, 2.75) is 26.3 Å². The van der Waals surface area contributed by atoms with Gasteiger partial charge in [-0.3, -0.25) is 9.89 Å². The number of carbonyl (C=O) groups is 1. The number of aromatic amines is 1. The van der Waals surface area contributed by atoms with Crippen molar-refractivity contribution in [1.82, 2.24) is 20.5 Å². The molecule has 0 saturated heterocycles. The quantitative estimate of drug-likeness (QED) is 0.603. The summed E-state index contributed by atoms with van der Waals surface area (Å²) in [6.07, 6.45) is 0.729. The molecule has 0 aliphatic rings. The van der Waals surface area contributed by atoms with Crippen LogP contribution in [-0.2, 0) is 6.42 Å². The molecule has 0 saturated carbocycles. The highest BCUT2D eigenvalue weighted by Crippen LogP contribution is 1.93. The van der Waals surface area contributed by atoms with Crippen molar-refractivity contribution in [3.63, 3.8) is 0 Å². The second-order valence-corrected chi connectivity index (χ2v) is 3.07. The molecule has 0 bridgehead atoms. The van der Waals surface area contributed by atoms with E-state index >= 15 is 0 Å². The van der Waals surface area contributed by atoms with Gasteiger partial charge in [0.1, 0.15) is 5.82 Å². The fourth-order valence-electron chi connectivity index (χ4n) is 0.902. The molecule has 4 N–H and O–H groups in total. The molecule has 0 spiro atoms. The van der Waals surface area contributed by atoms with Crippen LogP contribution in [-0.4, -0.2) is 33.7 Å². The van der Waals surface area contributed by atoms with E-state index < -0.39 is 0 Å². The molecule has 1 amide bonds. The van der Waals surface area contributed by atoms with Crippen LogP contribution in [0, 0.1) is 0 Å². The standard InChI is InChI=1S/C8H15N5O/c1-3-6-11-7(13-12-6)8(14)10-5(2)4-9/h5H,3-4,9H2,1-2H3,(H,10,14)(H,11,12,13)/t5-/m1/s1. The number of nitrogens with one attached hydrogen (secondary N) is 2. The normalized spacial score (nSPS) is 12.5. The first-order chi connectivity index (χ1) is 6.67. The van der Waals surface area contributed by atoms with Crippen molar-refractivity contribution >= 4 is 5.91 Å². The number of amides is 1. The SMILES string of the molecule is CCc1nc(C(=O)N[C@H](C)CN)n[nH]1. The van der Waals surface area contributed by atoms with Gasteiger partial charge in [0.2, 0.25) is 5.82 Å². The lowest BCUT2D eigenvalue weighted by Gasteiger charge is -2.08. The van der Waals surface area contributed by atoms with E-state index in [1.54, 1.807) is 0 Å². The van der Waals surface area contributed by atoms with E-state index in [9.17, 15) is 4.79 Å². The van der Waals surface area contributed by atoms with Crippen LogP contribution in [0.4, 0.5) is 0 Å². The second-order valence-electron chi connectivity index (χ2n) is 3.07. The summed E-state index contributed by atoms with van der Waals surface area (Å²) in [5.41, 5.74) is 5.37. The van der Waals surface area contributed by atoms with Gasteiger partial charge in [-0.05, 0) is 6.92 Å². The molecule has 0 aliphatic carbocycles. The van der Waals surface area contributed by atoms with Crippen LogP contribution in [0.3, 0.4) is 0 Å². The molecule has 14 heavy (non-hydrogen) atoms. The second kappa shape index (κ2) is 4.71. The molecule has 0 aliphatic heterocycles. The van der Waals surface area contributed by atoms with Gasteiger partial charge in [-0.1, -0.05) is 6.92 Å². The highest BCUT2D eigenvalue weighted by molar-refractivity contribution is 5.90. The fraction of sp³-hybridized carbons (Fsp3) is 0.625. The number of rotatable bonds is 4. The molecular formula is C8H15N5O. The van der Waals surface area contributed by atoms with E-state index in [1.165, 1.54) is 0 Å². The molecule has 1 aromatic rings. The van der Waals surface area contributed by atoms with E-state index in [2.05, 4.69) is 20.5 Å². The first-order valence-electron chi connectivity index (χ1n) is 4.59. The molecule has 0 radical (unpaired) electrons. The van der Waals surface area contributed by atoms with Crippen LogP contribution in [0.5, 0.6) is 0 Å². The summed E-state index contributed by atoms with van der Waals surface area (Å²) in [6, 6.07) is -0.0638. The van der Waals surface area contributed by atoms with Crippen LogP contribution >= 0.6 is 0 Å². The number of hydrogen-bond donors (Lipinski definition) is 3. The Morgan fingerprint density at radius 3 is 2.93 bits per heavy atom. The highest BCUT2D eigenvalue weighted by atomic mass is 16.2. The van der Waals surface area contributed by atoms with Crippen molar-refractivity contribution in [2.24, 2.45) is 5.73 Å². The number of carbonyl (C=O) groups excluding carboxylic acids is 1. The third kappa shape index (κ3) is 2.53. The number of hydrogen-bond acceptors (Lipinski definition) is 4. The Bertz CT molecular complexity index is 308. The van der Waals surface area contributed by atoms with Crippen molar-refractivity contribution in [3.05, 3.63) is 11.6 Å². The van der Waals surface area contributed by atoms with E-state index in [0.717, 1.165) is 6.42 Å². The van der Waals surface area contributed by atoms with Crippen LogP contribution < -0.4 is 11.1 Å². The van der Waals surface area contributed by atoms with E-state index in [-0.39, 0.29) is 17.8 Å². The minimum Gasteiger partial charge on any atom is -0.346 e. The summed E-state index contributed by atoms with van der Waals surface area (Å²) in [5, 5.41) is 9.13. The number of H-pyrrole nitrogens is 1. The molecule has 0 aromatic carbocycles. The average Bonchev–Trinajstić information content (AvgIpc) is 2.65. The Labute approximate surface area is 82.3 Å². The Balaban J connectivity index is 2.60. The lowest BCUT2D eigenvalue weighted by Crippen LogP contribution is -2.38. The summed E-state index contributed by atoms with van der Waals surface area (Å²) >= 11 is 0. The van der Waals surface area contributed by atoms with E-state index in [1.807, 2.05) is 13.8 Å². The Hall–Kier alpha value is -1.43. The molecule has 1 atom stereocenters. The highest BCUT2D eigenvalue weighted by Gasteiger charge is 2.13. The van der Waals surface area contributed by atoms with Crippen molar-refractivity contribution in [3.8, 4) is 0 Å². The summed E-state index contributed by atoms with van der Waals surface area (Å²) in [6.45, 7) is 4.16. The van der Waals surface area contributed by atoms with Gasteiger partial charge in [-0.15, -0.1) is 5.10 Å². The van der Waals surface area contributed by atoms with E-state index in [4.69, 9.17) is 5.73 Å². The number of aryl methyl sites for hydroxylation is 1. The lowest BCUT2D eigenvalue weighted by atomic mass is 10.3. The maximum atomic E-state index is 11.4. The molecule has 1 rings (SSSR count). The van der Waals surface area contributed by atoms with Crippen molar-refractivity contribution in [2.75, 3.05) is 6.54 Å². The lowest BCUT2D eigenvalue weighted by molar-refractivity contribution is 0.0931. The van der Waals surface area contributed by atoms with Crippen LogP contribution in [0.25, 0.3) is 0 Å². The van der Waals surface area contributed by atoms with Crippen molar-refractivity contribution < 1.29 is 4.79 Å². The van der Waals surface area contributed by atoms with Gasteiger partial charge in [-0.2, -0.15) is 0 Å². The van der Waals surface area contributed by atoms with Crippen LogP contribution in [0.1, 0.15) is 30.3 Å². The number of nitrogens with zero attached hydrogens (tertiary/aromatic N) is 2. The molecule has 1 heterocycles. The van der Waals surface area contributed by atoms with Gasteiger partial charge in [0.15, 0.2) is 0 Å². The van der Waals surface area contributed by atoms with Crippen LogP contribution in [0.2, 0.25) is 0 Å². The first-order valence-corrected chi connectivity index (χ1v) is 4.59. The summed E-state index contributed by atoms with van der Waals surface area (Å²) < 4.78 is 0. The molecule has 6 heteroatoms. The predicted molar refractivity (Wildman–Crippen MR) is 51.7 cm³/mol. The Kier molecular flexibility index (Phi) is 3.58. The average molecular weight is 197 g/mol. The van der Waals surface area contributed by atoms with Crippen molar-refractivity contribution in [1.29, 1.82) is 0 Å². The smallest absolute Gasteiger partial charge is 0.291 e. The maximum absolute atomic E-state index is 11.4. The largest absolute Gasteiger partial charge is 0.346 e. The molecule has 0 fully saturated rings. The van der Waals surface area contributed by atoms with Gasteiger partial charge in [0.05, 0.1) is 0 Å².